The van der Waals surface area contributed by atoms with Crippen molar-refractivity contribution in [2.75, 3.05) is 6.54 Å². The maximum atomic E-state index is 13.8. The molecular weight excluding hydrogens is 270 g/mol. The van der Waals surface area contributed by atoms with Crippen LogP contribution in [0.1, 0.15) is 12.5 Å². The first kappa shape index (κ1) is 14.5. The van der Waals surface area contributed by atoms with Crippen LogP contribution >= 0.6 is 0 Å². The van der Waals surface area contributed by atoms with Crippen molar-refractivity contribution in [1.29, 1.82) is 0 Å². The van der Waals surface area contributed by atoms with Crippen LogP contribution in [-0.2, 0) is 6.54 Å². The average Bonchev–Trinajstić information content (AvgIpc) is 2.38. The van der Waals surface area contributed by atoms with E-state index in [0.717, 1.165) is 6.07 Å². The van der Waals surface area contributed by atoms with Crippen LogP contribution in [0.25, 0.3) is 11.1 Å². The monoisotopic (exact) mass is 283 g/mol. The Bertz CT molecular complexity index is 602. The van der Waals surface area contributed by atoms with E-state index in [2.05, 4.69) is 5.32 Å². The largest absolute Gasteiger partial charge is 0.313 e. The molecule has 0 saturated heterocycles. The van der Waals surface area contributed by atoms with Crippen molar-refractivity contribution in [3.05, 3.63) is 59.2 Å². The lowest BCUT2D eigenvalue weighted by atomic mass is 10.0. The third kappa shape index (κ3) is 2.99. The first-order valence-electron chi connectivity index (χ1n) is 6.17. The SMILES string of the molecule is CCNCc1ccc(F)c(-c2c(F)cc(F)cc2F)c1. The summed E-state index contributed by atoms with van der Waals surface area (Å²) in [5.74, 6) is -4.04. The minimum absolute atomic E-state index is 0.213. The number of rotatable bonds is 4. The summed E-state index contributed by atoms with van der Waals surface area (Å²) in [5.41, 5.74) is -0.0796. The van der Waals surface area contributed by atoms with Crippen LogP contribution in [0.3, 0.4) is 0 Å². The lowest BCUT2D eigenvalue weighted by Crippen LogP contribution is -2.11. The van der Waals surface area contributed by atoms with Crippen molar-refractivity contribution < 1.29 is 17.6 Å². The van der Waals surface area contributed by atoms with Crippen LogP contribution < -0.4 is 5.32 Å². The Hall–Kier alpha value is -1.88. The summed E-state index contributed by atoms with van der Waals surface area (Å²) in [6.07, 6.45) is 0. The predicted molar refractivity (Wildman–Crippen MR) is 69.1 cm³/mol. The van der Waals surface area contributed by atoms with Gasteiger partial charge in [-0.2, -0.15) is 0 Å². The zero-order valence-corrected chi connectivity index (χ0v) is 10.8. The van der Waals surface area contributed by atoms with E-state index in [0.29, 0.717) is 30.8 Å². The van der Waals surface area contributed by atoms with Crippen LogP contribution in [0.15, 0.2) is 30.3 Å². The highest BCUT2D eigenvalue weighted by Crippen LogP contribution is 2.30. The van der Waals surface area contributed by atoms with Crippen molar-refractivity contribution in [2.24, 2.45) is 0 Å². The van der Waals surface area contributed by atoms with Gasteiger partial charge >= 0.3 is 0 Å². The summed E-state index contributed by atoms with van der Waals surface area (Å²) in [6.45, 7) is 3.07. The van der Waals surface area contributed by atoms with Gasteiger partial charge in [0.2, 0.25) is 0 Å². The maximum Gasteiger partial charge on any atom is 0.136 e. The van der Waals surface area contributed by atoms with Crippen molar-refractivity contribution in [3.8, 4) is 11.1 Å². The van der Waals surface area contributed by atoms with Gasteiger partial charge in [0.1, 0.15) is 23.3 Å². The summed E-state index contributed by atoms with van der Waals surface area (Å²) in [5, 5.41) is 3.03. The molecule has 0 fully saturated rings. The molecule has 0 saturated carbocycles. The van der Waals surface area contributed by atoms with E-state index in [9.17, 15) is 17.6 Å². The molecule has 0 aliphatic rings. The molecule has 20 heavy (non-hydrogen) atoms. The van der Waals surface area contributed by atoms with Crippen molar-refractivity contribution in [1.82, 2.24) is 5.32 Å². The summed E-state index contributed by atoms with van der Waals surface area (Å²) < 4.78 is 54.1. The number of halogens is 4. The van der Waals surface area contributed by atoms with Crippen LogP contribution in [0, 0.1) is 23.3 Å². The quantitative estimate of drug-likeness (QED) is 0.836. The van der Waals surface area contributed by atoms with Crippen LogP contribution in [0.5, 0.6) is 0 Å². The van der Waals surface area contributed by atoms with E-state index in [1.165, 1.54) is 12.1 Å². The second kappa shape index (κ2) is 6.05. The molecule has 2 aromatic rings. The Morgan fingerprint density at radius 2 is 1.55 bits per heavy atom. The Kier molecular flexibility index (Phi) is 4.39. The second-order valence-electron chi connectivity index (χ2n) is 4.34. The minimum atomic E-state index is -1.12. The number of hydrogen-bond acceptors (Lipinski definition) is 1. The van der Waals surface area contributed by atoms with Crippen LogP contribution in [-0.4, -0.2) is 6.54 Å². The molecule has 0 heterocycles. The molecule has 0 aromatic heterocycles. The molecule has 0 radical (unpaired) electrons. The number of nitrogens with one attached hydrogen (secondary N) is 1. The van der Waals surface area contributed by atoms with Crippen LogP contribution in [0.2, 0.25) is 0 Å². The first-order chi connectivity index (χ1) is 9.52. The fourth-order valence-electron chi connectivity index (χ4n) is 1.94. The highest BCUT2D eigenvalue weighted by atomic mass is 19.1. The molecule has 0 atom stereocenters. The number of benzene rings is 2. The lowest BCUT2D eigenvalue weighted by molar-refractivity contribution is 0.545. The Morgan fingerprint density at radius 1 is 0.900 bits per heavy atom. The molecule has 106 valence electrons. The Morgan fingerprint density at radius 3 is 2.15 bits per heavy atom. The van der Waals surface area contributed by atoms with E-state index >= 15 is 0 Å². The standard InChI is InChI=1S/C15H13F4N/c1-2-20-8-9-3-4-12(17)11(5-9)15-13(18)6-10(16)7-14(15)19/h3-7,20H,2,8H2,1H3. The summed E-state index contributed by atoms with van der Waals surface area (Å²) in [7, 11) is 0. The third-order valence-corrected chi connectivity index (χ3v) is 2.89. The lowest BCUT2D eigenvalue weighted by Gasteiger charge is -2.10. The molecule has 0 unspecified atom stereocenters. The zero-order valence-electron chi connectivity index (χ0n) is 10.8. The molecule has 0 aliphatic carbocycles. The smallest absolute Gasteiger partial charge is 0.136 e. The van der Waals surface area contributed by atoms with Crippen molar-refractivity contribution in [2.45, 2.75) is 13.5 Å². The van der Waals surface area contributed by atoms with Gasteiger partial charge in [-0.15, -0.1) is 0 Å². The Labute approximate surface area is 114 Å². The third-order valence-electron chi connectivity index (χ3n) is 2.89. The summed E-state index contributed by atoms with van der Waals surface area (Å²) in [4.78, 5) is 0. The van der Waals surface area contributed by atoms with E-state index in [1.54, 1.807) is 0 Å². The van der Waals surface area contributed by atoms with Gasteiger partial charge in [0.25, 0.3) is 0 Å². The second-order valence-corrected chi connectivity index (χ2v) is 4.34. The van der Waals surface area contributed by atoms with Gasteiger partial charge in [-0.3, -0.25) is 0 Å². The molecule has 1 N–H and O–H groups in total. The van der Waals surface area contributed by atoms with E-state index < -0.39 is 28.8 Å². The summed E-state index contributed by atoms with van der Waals surface area (Å²) >= 11 is 0. The highest BCUT2D eigenvalue weighted by Gasteiger charge is 2.17. The fraction of sp³-hybridized carbons (Fsp3) is 0.200. The highest BCUT2D eigenvalue weighted by molar-refractivity contribution is 5.66. The molecule has 0 bridgehead atoms. The van der Waals surface area contributed by atoms with E-state index in [1.807, 2.05) is 6.92 Å². The van der Waals surface area contributed by atoms with Crippen molar-refractivity contribution >= 4 is 0 Å². The minimum Gasteiger partial charge on any atom is -0.313 e. The van der Waals surface area contributed by atoms with Gasteiger partial charge in [-0.25, -0.2) is 17.6 Å². The van der Waals surface area contributed by atoms with Crippen LogP contribution in [0.4, 0.5) is 17.6 Å². The molecule has 0 spiro atoms. The van der Waals surface area contributed by atoms with E-state index in [-0.39, 0.29) is 5.56 Å². The van der Waals surface area contributed by atoms with Gasteiger partial charge in [0.15, 0.2) is 0 Å². The maximum absolute atomic E-state index is 13.8. The molecular formula is C15H13F4N. The van der Waals surface area contributed by atoms with Gasteiger partial charge < -0.3 is 5.32 Å². The molecule has 1 nitrogen and oxygen atoms in total. The Balaban J connectivity index is 2.51. The molecule has 2 aromatic carbocycles. The molecule has 2 rings (SSSR count). The van der Waals surface area contributed by atoms with Gasteiger partial charge in [0, 0.05) is 24.2 Å². The molecule has 0 amide bonds. The van der Waals surface area contributed by atoms with E-state index in [4.69, 9.17) is 0 Å². The van der Waals surface area contributed by atoms with Gasteiger partial charge in [0.05, 0.1) is 5.56 Å². The van der Waals surface area contributed by atoms with Gasteiger partial charge in [-0.1, -0.05) is 13.0 Å². The predicted octanol–water partition coefficient (Wildman–Crippen LogP) is 4.02. The van der Waals surface area contributed by atoms with Gasteiger partial charge in [-0.05, 0) is 24.2 Å². The fourth-order valence-corrected chi connectivity index (χ4v) is 1.94. The topological polar surface area (TPSA) is 12.0 Å². The zero-order chi connectivity index (χ0) is 14.7. The normalized spacial score (nSPS) is 10.8. The van der Waals surface area contributed by atoms with Crippen molar-refractivity contribution in [3.63, 3.8) is 0 Å². The average molecular weight is 283 g/mol. The molecule has 0 aliphatic heterocycles. The molecule has 5 heteroatoms. The summed E-state index contributed by atoms with van der Waals surface area (Å²) in [6, 6.07) is 5.10. The first-order valence-corrected chi connectivity index (χ1v) is 6.17. The number of hydrogen-bond donors (Lipinski definition) is 1.